The summed E-state index contributed by atoms with van der Waals surface area (Å²) in [6, 6.07) is 17.1. The number of hydrogen-bond acceptors (Lipinski definition) is 6. The molecule has 0 aliphatic heterocycles. The molecule has 7 heteroatoms. The minimum atomic E-state index is -1.27. The first-order chi connectivity index (χ1) is 11.2. The number of ether oxygens (including phenoxy) is 1. The Labute approximate surface area is 132 Å². The molecule has 0 unspecified atom stereocenters. The first-order valence-corrected chi connectivity index (χ1v) is 6.95. The summed E-state index contributed by atoms with van der Waals surface area (Å²) in [7, 11) is 0. The molecule has 23 heavy (non-hydrogen) atoms. The van der Waals surface area contributed by atoms with E-state index in [0.29, 0.717) is 12.4 Å². The topological polar surface area (TPSA) is 93.0 Å². The minimum absolute atomic E-state index is 0.348. The summed E-state index contributed by atoms with van der Waals surface area (Å²) in [6.45, 7) is 0.0610. The van der Waals surface area contributed by atoms with Crippen LogP contribution in [0.15, 0.2) is 54.6 Å². The van der Waals surface area contributed by atoms with E-state index in [1.54, 1.807) is 24.3 Å². The summed E-state index contributed by atoms with van der Waals surface area (Å²) in [6.07, 6.45) is 0. The molecule has 0 atom stereocenters. The first kappa shape index (κ1) is 14.7. The molecular formula is C16H13N4O3-. The van der Waals surface area contributed by atoms with Crippen LogP contribution in [-0.2, 0) is 17.9 Å². The SMILES string of the molecule is O=C([O-])Cn1nnc(-c2ccc(OCc3ccccc3)cc2)n1. The van der Waals surface area contributed by atoms with E-state index in [9.17, 15) is 9.90 Å². The van der Waals surface area contributed by atoms with Crippen molar-refractivity contribution in [3.8, 4) is 17.1 Å². The van der Waals surface area contributed by atoms with Gasteiger partial charge in [-0.3, -0.25) is 0 Å². The number of carbonyl (C=O) groups is 1. The monoisotopic (exact) mass is 309 g/mol. The molecule has 1 aromatic heterocycles. The van der Waals surface area contributed by atoms with Gasteiger partial charge in [0.25, 0.3) is 0 Å². The molecule has 0 saturated heterocycles. The Balaban J connectivity index is 1.64. The van der Waals surface area contributed by atoms with Crippen molar-refractivity contribution in [3.63, 3.8) is 0 Å². The van der Waals surface area contributed by atoms with Crippen molar-refractivity contribution >= 4 is 5.97 Å². The number of aliphatic carboxylic acids is 1. The number of carboxylic acid groups (broad SMARTS) is 1. The minimum Gasteiger partial charge on any atom is -0.548 e. The van der Waals surface area contributed by atoms with E-state index < -0.39 is 12.5 Å². The molecule has 0 aliphatic rings. The number of carbonyl (C=O) groups excluding carboxylic acids is 1. The van der Waals surface area contributed by atoms with Crippen LogP contribution in [0.2, 0.25) is 0 Å². The molecule has 0 bridgehead atoms. The third kappa shape index (κ3) is 3.91. The van der Waals surface area contributed by atoms with Gasteiger partial charge in [0.1, 0.15) is 18.9 Å². The number of benzene rings is 2. The third-order valence-corrected chi connectivity index (χ3v) is 3.08. The maximum absolute atomic E-state index is 10.5. The highest BCUT2D eigenvalue weighted by Crippen LogP contribution is 2.19. The summed E-state index contributed by atoms with van der Waals surface area (Å²) >= 11 is 0. The second kappa shape index (κ2) is 6.69. The lowest BCUT2D eigenvalue weighted by Crippen LogP contribution is -2.28. The van der Waals surface area contributed by atoms with E-state index in [2.05, 4.69) is 15.4 Å². The Bertz CT molecular complexity index is 785. The average Bonchev–Trinajstić information content (AvgIpc) is 3.02. The lowest BCUT2D eigenvalue weighted by Gasteiger charge is -2.06. The van der Waals surface area contributed by atoms with Crippen LogP contribution < -0.4 is 9.84 Å². The quantitative estimate of drug-likeness (QED) is 0.664. The Hall–Kier alpha value is -3.22. The van der Waals surface area contributed by atoms with Gasteiger partial charge in [-0.2, -0.15) is 4.80 Å². The fourth-order valence-corrected chi connectivity index (χ4v) is 1.98. The number of aromatic nitrogens is 4. The summed E-state index contributed by atoms with van der Waals surface area (Å²) < 4.78 is 5.69. The van der Waals surface area contributed by atoms with Gasteiger partial charge >= 0.3 is 0 Å². The lowest BCUT2D eigenvalue weighted by atomic mass is 10.2. The van der Waals surface area contributed by atoms with Crippen LogP contribution in [-0.4, -0.2) is 26.2 Å². The van der Waals surface area contributed by atoms with Gasteiger partial charge < -0.3 is 14.6 Å². The summed E-state index contributed by atoms with van der Waals surface area (Å²) in [4.78, 5) is 11.5. The molecule has 3 aromatic rings. The molecular weight excluding hydrogens is 296 g/mol. The number of hydrogen-bond donors (Lipinski definition) is 0. The van der Waals surface area contributed by atoms with Gasteiger partial charge in [0.2, 0.25) is 5.82 Å². The zero-order chi connectivity index (χ0) is 16.1. The van der Waals surface area contributed by atoms with Gasteiger partial charge in [0.15, 0.2) is 0 Å². The van der Waals surface area contributed by atoms with Crippen molar-refractivity contribution in [1.82, 2.24) is 20.2 Å². The van der Waals surface area contributed by atoms with Crippen molar-refractivity contribution < 1.29 is 14.6 Å². The molecule has 1 heterocycles. The second-order valence-corrected chi connectivity index (χ2v) is 4.81. The van der Waals surface area contributed by atoms with Crippen LogP contribution in [0.3, 0.4) is 0 Å². The Morgan fingerprint density at radius 3 is 2.52 bits per heavy atom. The normalized spacial score (nSPS) is 10.4. The molecule has 0 saturated carbocycles. The number of carboxylic acids is 1. The van der Waals surface area contributed by atoms with Crippen molar-refractivity contribution in [2.24, 2.45) is 0 Å². The Morgan fingerprint density at radius 2 is 1.83 bits per heavy atom. The van der Waals surface area contributed by atoms with Gasteiger partial charge in [-0.25, -0.2) is 0 Å². The Kier molecular flexibility index (Phi) is 4.28. The molecule has 116 valence electrons. The van der Waals surface area contributed by atoms with Crippen LogP contribution >= 0.6 is 0 Å². The van der Waals surface area contributed by atoms with Crippen molar-refractivity contribution in [2.75, 3.05) is 0 Å². The number of tetrazole rings is 1. The third-order valence-electron chi connectivity index (χ3n) is 3.08. The van der Waals surface area contributed by atoms with E-state index >= 15 is 0 Å². The smallest absolute Gasteiger partial charge is 0.204 e. The standard InChI is InChI=1S/C16H14N4O3/c21-15(22)10-20-18-16(17-19-20)13-6-8-14(9-7-13)23-11-12-4-2-1-3-5-12/h1-9H,10-11H2,(H,21,22)/p-1. The first-order valence-electron chi connectivity index (χ1n) is 6.95. The van der Waals surface area contributed by atoms with Crippen LogP contribution in [0.5, 0.6) is 5.75 Å². The van der Waals surface area contributed by atoms with E-state index in [4.69, 9.17) is 4.74 Å². The molecule has 0 radical (unpaired) electrons. The summed E-state index contributed by atoms with van der Waals surface area (Å²) in [5.74, 6) is -0.195. The van der Waals surface area contributed by atoms with Crippen LogP contribution in [0.4, 0.5) is 0 Å². The van der Waals surface area contributed by atoms with Gasteiger partial charge in [0.05, 0.1) is 5.97 Å². The molecule has 3 rings (SSSR count). The van der Waals surface area contributed by atoms with Crippen molar-refractivity contribution in [1.29, 1.82) is 0 Å². The highest BCUT2D eigenvalue weighted by molar-refractivity contribution is 5.63. The second-order valence-electron chi connectivity index (χ2n) is 4.81. The van der Waals surface area contributed by atoms with Gasteiger partial charge in [-0.05, 0) is 35.0 Å². The van der Waals surface area contributed by atoms with Crippen LogP contribution in [0.1, 0.15) is 5.56 Å². The summed E-state index contributed by atoms with van der Waals surface area (Å²) in [5.41, 5.74) is 1.81. The summed E-state index contributed by atoms with van der Waals surface area (Å²) in [5, 5.41) is 21.9. The molecule has 0 aliphatic carbocycles. The predicted molar refractivity (Wildman–Crippen MR) is 79.0 cm³/mol. The molecule has 0 fully saturated rings. The van der Waals surface area contributed by atoms with Gasteiger partial charge in [0, 0.05) is 5.56 Å². The largest absolute Gasteiger partial charge is 0.548 e. The number of rotatable bonds is 6. The van der Waals surface area contributed by atoms with E-state index in [1.807, 2.05) is 30.3 Å². The maximum atomic E-state index is 10.5. The van der Waals surface area contributed by atoms with Crippen LogP contribution in [0.25, 0.3) is 11.4 Å². The molecule has 0 spiro atoms. The Morgan fingerprint density at radius 1 is 1.09 bits per heavy atom. The lowest BCUT2D eigenvalue weighted by molar-refractivity contribution is -0.307. The van der Waals surface area contributed by atoms with Crippen molar-refractivity contribution in [3.05, 3.63) is 60.2 Å². The highest BCUT2D eigenvalue weighted by Gasteiger charge is 2.06. The van der Waals surface area contributed by atoms with Crippen LogP contribution in [0, 0.1) is 0 Å². The molecule has 0 amide bonds. The molecule has 7 nitrogen and oxygen atoms in total. The van der Waals surface area contributed by atoms with Gasteiger partial charge in [-0.15, -0.1) is 10.2 Å². The maximum Gasteiger partial charge on any atom is 0.204 e. The van der Waals surface area contributed by atoms with E-state index in [0.717, 1.165) is 21.7 Å². The van der Waals surface area contributed by atoms with E-state index in [1.165, 1.54) is 0 Å². The zero-order valence-corrected chi connectivity index (χ0v) is 12.1. The molecule has 2 aromatic carbocycles. The highest BCUT2D eigenvalue weighted by atomic mass is 16.5. The average molecular weight is 309 g/mol. The van der Waals surface area contributed by atoms with Gasteiger partial charge in [-0.1, -0.05) is 30.3 Å². The fourth-order valence-electron chi connectivity index (χ4n) is 1.98. The van der Waals surface area contributed by atoms with E-state index in [-0.39, 0.29) is 0 Å². The predicted octanol–water partition coefficient (Wildman–Crippen LogP) is 0.669. The fraction of sp³-hybridized carbons (Fsp3) is 0.125. The zero-order valence-electron chi connectivity index (χ0n) is 12.1. The number of nitrogens with zero attached hydrogens (tertiary/aromatic N) is 4. The van der Waals surface area contributed by atoms with Crippen molar-refractivity contribution in [2.45, 2.75) is 13.2 Å². The molecule has 0 N–H and O–H groups in total.